The highest BCUT2D eigenvalue weighted by atomic mass is 32.2. The lowest BCUT2D eigenvalue weighted by Gasteiger charge is -2.53. The lowest BCUT2D eigenvalue weighted by Crippen LogP contribution is -2.48. The Balaban J connectivity index is 1.18. The fourth-order valence-corrected chi connectivity index (χ4v) is 9.57. The van der Waals surface area contributed by atoms with Crippen LogP contribution in [0.3, 0.4) is 0 Å². The number of rotatable bonds is 16. The summed E-state index contributed by atoms with van der Waals surface area (Å²) in [4.78, 5) is 11.8. The van der Waals surface area contributed by atoms with E-state index in [1.165, 1.54) is 69.1 Å². The highest BCUT2D eigenvalue weighted by molar-refractivity contribution is 7.99. The van der Waals surface area contributed by atoms with Crippen LogP contribution in [0.2, 0.25) is 0 Å². The smallest absolute Gasteiger partial charge is 0.219 e. The van der Waals surface area contributed by atoms with Gasteiger partial charge in [0, 0.05) is 18.2 Å². The molecule has 39 heavy (non-hydrogen) atoms. The van der Waals surface area contributed by atoms with Gasteiger partial charge in [0.25, 0.3) is 0 Å². The van der Waals surface area contributed by atoms with Gasteiger partial charge < -0.3 is 15.2 Å². The third-order valence-electron chi connectivity index (χ3n) is 10.4. The molecule has 5 heteroatoms. The van der Waals surface area contributed by atoms with Gasteiger partial charge in [0.1, 0.15) is 5.75 Å². The van der Waals surface area contributed by atoms with E-state index in [1.54, 1.807) is 12.7 Å². The zero-order valence-corrected chi connectivity index (χ0v) is 25.8. The Morgan fingerprint density at radius 2 is 1.79 bits per heavy atom. The Hall–Kier alpha value is -1.20. The molecule has 3 aliphatic carbocycles. The van der Waals surface area contributed by atoms with Gasteiger partial charge >= 0.3 is 0 Å². The van der Waals surface area contributed by atoms with Crippen molar-refractivity contribution in [2.75, 3.05) is 19.4 Å². The lowest BCUT2D eigenvalue weighted by atomic mass is 9.55. The second-order valence-corrected chi connectivity index (χ2v) is 14.2. The molecule has 1 aromatic carbocycles. The van der Waals surface area contributed by atoms with Crippen molar-refractivity contribution in [1.29, 1.82) is 0 Å². The van der Waals surface area contributed by atoms with Gasteiger partial charge in [-0.25, -0.2) is 0 Å². The summed E-state index contributed by atoms with van der Waals surface area (Å²) in [6.07, 6.45) is 18.6. The molecule has 4 nitrogen and oxygen atoms in total. The van der Waals surface area contributed by atoms with E-state index < -0.39 is 0 Å². The fraction of sp³-hybridized carbons (Fsp3) is 0.794. The quantitative estimate of drug-likeness (QED) is 0.202. The number of hydrogen-bond acceptors (Lipinski definition) is 4. The van der Waals surface area contributed by atoms with Gasteiger partial charge in [-0.2, -0.15) is 11.8 Å². The van der Waals surface area contributed by atoms with E-state index in [0.717, 1.165) is 50.8 Å². The van der Waals surface area contributed by atoms with E-state index >= 15 is 0 Å². The minimum atomic E-state index is -0.116. The van der Waals surface area contributed by atoms with Crippen molar-refractivity contribution in [3.63, 3.8) is 0 Å². The maximum Gasteiger partial charge on any atom is 0.219 e. The van der Waals surface area contributed by atoms with Gasteiger partial charge in [-0.05, 0) is 104 Å². The summed E-state index contributed by atoms with van der Waals surface area (Å²) in [5.74, 6) is 4.47. The molecular weight excluding hydrogens is 502 g/mol. The van der Waals surface area contributed by atoms with Crippen LogP contribution in [0.25, 0.3) is 0 Å². The Bertz CT molecular complexity index is 906. The lowest BCUT2D eigenvalue weighted by molar-refractivity contribution is -0.121. The van der Waals surface area contributed by atoms with Crippen molar-refractivity contribution in [1.82, 2.24) is 5.32 Å². The molecule has 2 fully saturated rings. The van der Waals surface area contributed by atoms with Crippen LogP contribution in [0, 0.1) is 17.3 Å². The fourth-order valence-electron chi connectivity index (χ4n) is 7.99. The van der Waals surface area contributed by atoms with Gasteiger partial charge in [0.05, 0.1) is 13.2 Å². The molecular formula is C34H55NO3S. The van der Waals surface area contributed by atoms with E-state index in [9.17, 15) is 9.90 Å². The molecule has 0 radical (unpaired) electrons. The van der Waals surface area contributed by atoms with E-state index in [4.69, 9.17) is 4.74 Å². The Morgan fingerprint density at radius 3 is 2.54 bits per heavy atom. The van der Waals surface area contributed by atoms with Crippen LogP contribution in [0.4, 0.5) is 0 Å². The summed E-state index contributed by atoms with van der Waals surface area (Å²) >= 11 is 2.23. The van der Waals surface area contributed by atoms with Crippen LogP contribution in [0.15, 0.2) is 18.2 Å². The number of aliphatic hydroxyl groups excluding tert-OH is 1. The Kier molecular flexibility index (Phi) is 11.9. The van der Waals surface area contributed by atoms with Gasteiger partial charge in [-0.1, -0.05) is 64.9 Å². The Labute approximate surface area is 242 Å². The second-order valence-electron chi connectivity index (χ2n) is 12.9. The summed E-state index contributed by atoms with van der Waals surface area (Å²) < 4.78 is 5.59. The number of benzene rings is 1. The third-order valence-corrected chi connectivity index (χ3v) is 11.8. The van der Waals surface area contributed by atoms with Crippen molar-refractivity contribution in [3.8, 4) is 5.75 Å². The highest BCUT2D eigenvalue weighted by Crippen LogP contribution is 2.62. The summed E-state index contributed by atoms with van der Waals surface area (Å²) in [6.45, 7) is 5.38. The summed E-state index contributed by atoms with van der Waals surface area (Å²) in [5, 5.41) is 14.6. The summed E-state index contributed by atoms with van der Waals surface area (Å²) in [6, 6.07) is 6.81. The maximum absolute atomic E-state index is 11.8. The highest BCUT2D eigenvalue weighted by Gasteiger charge is 2.56. The van der Waals surface area contributed by atoms with Crippen molar-refractivity contribution < 1.29 is 14.6 Å². The van der Waals surface area contributed by atoms with Crippen molar-refractivity contribution in [2.45, 2.75) is 134 Å². The predicted octanol–water partition coefficient (Wildman–Crippen LogP) is 8.05. The average Bonchev–Trinajstić information content (AvgIpc) is 3.25. The third kappa shape index (κ3) is 7.76. The largest absolute Gasteiger partial charge is 0.497 e. The molecule has 1 amide bonds. The number of carbonyl (C=O) groups is 1. The minimum absolute atomic E-state index is 0.114. The predicted molar refractivity (Wildman–Crippen MR) is 165 cm³/mol. The molecule has 220 valence electrons. The number of thioether (sulfide) groups is 1. The van der Waals surface area contributed by atoms with Crippen molar-refractivity contribution >= 4 is 17.7 Å². The number of ether oxygens (including phenoxy) is 1. The molecule has 0 saturated heterocycles. The topological polar surface area (TPSA) is 58.6 Å². The minimum Gasteiger partial charge on any atom is -0.497 e. The first-order valence-electron chi connectivity index (χ1n) is 16.2. The van der Waals surface area contributed by atoms with Crippen molar-refractivity contribution in [3.05, 3.63) is 29.3 Å². The number of methoxy groups -OCH3 is 1. The van der Waals surface area contributed by atoms with Crippen LogP contribution in [-0.2, 0) is 11.2 Å². The summed E-state index contributed by atoms with van der Waals surface area (Å²) in [5.41, 5.74) is 3.19. The van der Waals surface area contributed by atoms with Crippen LogP contribution < -0.4 is 10.1 Å². The maximum atomic E-state index is 11.8. The number of hydrogen-bond donors (Lipinski definition) is 2. The molecule has 4 rings (SSSR count). The number of unbranched alkanes of at least 4 members (excludes halogenated alkanes) is 8. The first-order valence-corrected chi connectivity index (χ1v) is 17.3. The monoisotopic (exact) mass is 557 g/mol. The van der Waals surface area contributed by atoms with Crippen molar-refractivity contribution in [2.24, 2.45) is 17.3 Å². The standard InChI is InChI=1S/C34H55NO3S/c1-4-5-21-35-32(37)14-12-10-8-6-7-9-11-13-22-39-30-24-25-23-26(38-3)15-16-27(25)28-19-20-34(2)29(33(28)30)17-18-31(34)36/h15-16,23,28-31,33,36H,4-14,17-22,24H2,1-3H3,(H,35,37)/t28-,29+,30?,31+,33-,34+/m1/s1. The van der Waals surface area contributed by atoms with E-state index in [-0.39, 0.29) is 17.4 Å². The first-order chi connectivity index (χ1) is 19.0. The SMILES string of the molecule is CCCCNC(=O)CCCCCCCCCCSC1Cc2cc(OC)ccc2[C@H]2CC[C@]3(C)[C@@H](O)CC[C@H]3[C@H]12. The molecule has 6 atom stereocenters. The number of nitrogens with one attached hydrogen (secondary N) is 1. The number of amides is 1. The molecule has 3 aliphatic rings. The van der Waals surface area contributed by atoms with E-state index in [1.807, 2.05) is 0 Å². The van der Waals surface area contributed by atoms with Crippen LogP contribution in [0.5, 0.6) is 5.75 Å². The molecule has 0 aromatic heterocycles. The molecule has 0 bridgehead atoms. The zero-order valence-electron chi connectivity index (χ0n) is 25.0. The zero-order chi connectivity index (χ0) is 27.7. The Morgan fingerprint density at radius 1 is 1.05 bits per heavy atom. The molecule has 1 unspecified atom stereocenters. The normalized spacial score (nSPS) is 29.4. The van der Waals surface area contributed by atoms with Gasteiger partial charge in [0.2, 0.25) is 5.91 Å². The molecule has 2 saturated carbocycles. The van der Waals surface area contributed by atoms with Gasteiger partial charge in [-0.3, -0.25) is 4.79 Å². The van der Waals surface area contributed by atoms with E-state index in [2.05, 4.69) is 49.1 Å². The number of aliphatic hydroxyl groups is 1. The number of carbonyl (C=O) groups excluding carboxylic acids is 1. The van der Waals surface area contributed by atoms with Gasteiger partial charge in [0.15, 0.2) is 0 Å². The molecule has 2 N–H and O–H groups in total. The molecule has 0 heterocycles. The molecule has 0 spiro atoms. The van der Waals surface area contributed by atoms with E-state index in [0.29, 0.717) is 29.4 Å². The average molecular weight is 558 g/mol. The molecule has 1 aromatic rings. The van der Waals surface area contributed by atoms with Crippen LogP contribution in [-0.4, -0.2) is 41.8 Å². The first kappa shape index (κ1) is 30.8. The van der Waals surface area contributed by atoms with Crippen LogP contribution >= 0.6 is 11.8 Å². The summed E-state index contributed by atoms with van der Waals surface area (Å²) in [7, 11) is 1.78. The number of fused-ring (bicyclic) bond motifs is 5. The van der Waals surface area contributed by atoms with Crippen LogP contribution in [0.1, 0.15) is 127 Å². The van der Waals surface area contributed by atoms with Gasteiger partial charge in [-0.15, -0.1) is 0 Å². The molecule has 0 aliphatic heterocycles. The second kappa shape index (κ2) is 15.1.